The first-order chi connectivity index (χ1) is 10.7. The van der Waals surface area contributed by atoms with Crippen LogP contribution >= 0.6 is 27.3 Å². The van der Waals surface area contributed by atoms with Gasteiger partial charge in [0.05, 0.1) is 14.2 Å². The number of methoxy groups -OCH3 is 2. The molecule has 0 aliphatic heterocycles. The maximum Gasteiger partial charge on any atom is 0.161 e. The van der Waals surface area contributed by atoms with Crippen molar-refractivity contribution in [2.75, 3.05) is 14.2 Å². The van der Waals surface area contributed by atoms with Crippen LogP contribution in [-0.2, 0) is 13.0 Å². The van der Waals surface area contributed by atoms with Gasteiger partial charge in [-0.05, 0) is 54.0 Å². The number of nitrogens with one attached hydrogen (secondary N) is 1. The molecule has 1 aromatic heterocycles. The minimum Gasteiger partial charge on any atom is -0.493 e. The van der Waals surface area contributed by atoms with Crippen LogP contribution in [0.2, 0.25) is 0 Å². The molecular weight excluding hydrogens is 362 g/mol. The van der Waals surface area contributed by atoms with E-state index in [4.69, 9.17) is 9.47 Å². The highest BCUT2D eigenvalue weighted by Gasteiger charge is 2.21. The molecule has 0 fully saturated rings. The van der Waals surface area contributed by atoms with Gasteiger partial charge in [0, 0.05) is 21.9 Å². The summed E-state index contributed by atoms with van der Waals surface area (Å²) in [4.78, 5) is 1.54. The summed E-state index contributed by atoms with van der Waals surface area (Å²) in [5.74, 6) is 1.51. The van der Waals surface area contributed by atoms with Gasteiger partial charge in [-0.1, -0.05) is 15.9 Å². The summed E-state index contributed by atoms with van der Waals surface area (Å²) in [6.07, 6.45) is 3.69. The van der Waals surface area contributed by atoms with Gasteiger partial charge in [0.1, 0.15) is 0 Å². The van der Waals surface area contributed by atoms with Crippen molar-refractivity contribution in [3.05, 3.63) is 44.1 Å². The zero-order chi connectivity index (χ0) is 15.5. The lowest BCUT2D eigenvalue weighted by molar-refractivity contribution is 0.354. The van der Waals surface area contributed by atoms with Crippen LogP contribution in [0.1, 0.15) is 34.9 Å². The van der Waals surface area contributed by atoms with E-state index in [0.29, 0.717) is 6.04 Å². The van der Waals surface area contributed by atoms with E-state index in [1.807, 2.05) is 23.5 Å². The van der Waals surface area contributed by atoms with Crippen LogP contribution in [-0.4, -0.2) is 14.2 Å². The van der Waals surface area contributed by atoms with E-state index >= 15 is 0 Å². The highest BCUT2D eigenvalue weighted by Crippen LogP contribution is 2.35. The number of rotatable bonds is 5. The fourth-order valence-electron chi connectivity index (χ4n) is 2.96. The second-order valence-electron chi connectivity index (χ2n) is 5.42. The van der Waals surface area contributed by atoms with Crippen LogP contribution in [0.25, 0.3) is 0 Å². The molecule has 0 bridgehead atoms. The Bertz CT molecular complexity index is 656. The highest BCUT2D eigenvalue weighted by atomic mass is 79.9. The summed E-state index contributed by atoms with van der Waals surface area (Å²) in [5, 5.41) is 5.90. The van der Waals surface area contributed by atoms with Crippen molar-refractivity contribution >= 4 is 27.3 Å². The van der Waals surface area contributed by atoms with Gasteiger partial charge < -0.3 is 14.8 Å². The Hall–Kier alpha value is -1.04. The van der Waals surface area contributed by atoms with E-state index in [-0.39, 0.29) is 0 Å². The van der Waals surface area contributed by atoms with E-state index in [1.54, 1.807) is 14.2 Å². The van der Waals surface area contributed by atoms with Gasteiger partial charge in [-0.2, -0.15) is 0 Å². The monoisotopic (exact) mass is 381 g/mol. The van der Waals surface area contributed by atoms with Crippen molar-refractivity contribution in [1.29, 1.82) is 0 Å². The number of hydrogen-bond donors (Lipinski definition) is 1. The number of hydrogen-bond acceptors (Lipinski definition) is 4. The van der Waals surface area contributed by atoms with E-state index in [9.17, 15) is 0 Å². The SMILES string of the molecule is COc1cc(Br)c(CNC2CCCc3sccc32)cc1OC. The van der Waals surface area contributed by atoms with Crippen molar-refractivity contribution in [3.8, 4) is 11.5 Å². The molecule has 1 aromatic carbocycles. The van der Waals surface area contributed by atoms with Crippen molar-refractivity contribution in [2.24, 2.45) is 0 Å². The van der Waals surface area contributed by atoms with Crippen LogP contribution in [0.5, 0.6) is 11.5 Å². The third-order valence-electron chi connectivity index (χ3n) is 4.14. The van der Waals surface area contributed by atoms with Crippen LogP contribution in [0.4, 0.5) is 0 Å². The standard InChI is InChI=1S/C17H20BrNO2S/c1-20-15-8-11(13(18)9-16(15)21-2)10-19-14-4-3-5-17-12(14)6-7-22-17/h6-9,14,19H,3-5,10H2,1-2H3. The zero-order valence-corrected chi connectivity index (χ0v) is 15.2. The Balaban J connectivity index is 1.75. The summed E-state index contributed by atoms with van der Waals surface area (Å²) in [6, 6.07) is 6.72. The second-order valence-corrected chi connectivity index (χ2v) is 7.28. The average molecular weight is 382 g/mol. The number of thiophene rings is 1. The maximum atomic E-state index is 5.40. The average Bonchev–Trinajstić information content (AvgIpc) is 3.02. The quantitative estimate of drug-likeness (QED) is 0.814. The number of aryl methyl sites for hydroxylation is 1. The van der Waals surface area contributed by atoms with Crippen LogP contribution in [0.15, 0.2) is 28.1 Å². The van der Waals surface area contributed by atoms with Gasteiger partial charge in [0.25, 0.3) is 0 Å². The van der Waals surface area contributed by atoms with Crippen molar-refractivity contribution in [1.82, 2.24) is 5.32 Å². The lowest BCUT2D eigenvalue weighted by atomic mass is 9.94. The fraction of sp³-hybridized carbons (Fsp3) is 0.412. The zero-order valence-electron chi connectivity index (χ0n) is 12.8. The first-order valence-corrected chi connectivity index (χ1v) is 9.10. The smallest absolute Gasteiger partial charge is 0.161 e. The molecule has 1 atom stereocenters. The normalized spacial score (nSPS) is 17.1. The van der Waals surface area contributed by atoms with Crippen LogP contribution < -0.4 is 14.8 Å². The molecule has 3 rings (SSSR count). The molecule has 5 heteroatoms. The first-order valence-electron chi connectivity index (χ1n) is 7.43. The third-order valence-corrected chi connectivity index (χ3v) is 5.88. The molecule has 0 spiro atoms. The third kappa shape index (κ3) is 3.16. The minimum absolute atomic E-state index is 0.454. The molecule has 2 aromatic rings. The molecule has 1 aliphatic rings. The van der Waals surface area contributed by atoms with Gasteiger partial charge >= 0.3 is 0 Å². The lowest BCUT2D eigenvalue weighted by Crippen LogP contribution is -2.24. The number of ether oxygens (including phenoxy) is 2. The van der Waals surface area contributed by atoms with Crippen LogP contribution in [0, 0.1) is 0 Å². The largest absolute Gasteiger partial charge is 0.493 e. The maximum absolute atomic E-state index is 5.40. The van der Waals surface area contributed by atoms with Crippen molar-refractivity contribution in [3.63, 3.8) is 0 Å². The Labute approximate surface area is 143 Å². The summed E-state index contributed by atoms with van der Waals surface area (Å²) < 4.78 is 11.8. The molecule has 1 heterocycles. The molecular formula is C17H20BrNO2S. The molecule has 22 heavy (non-hydrogen) atoms. The van der Waals surface area contributed by atoms with Gasteiger partial charge in [-0.15, -0.1) is 11.3 Å². The first kappa shape index (κ1) is 15.8. The Morgan fingerprint density at radius 2 is 2.05 bits per heavy atom. The predicted molar refractivity (Wildman–Crippen MR) is 94.1 cm³/mol. The fourth-order valence-corrected chi connectivity index (χ4v) is 4.41. The molecule has 0 saturated carbocycles. The molecule has 0 amide bonds. The van der Waals surface area contributed by atoms with E-state index in [1.165, 1.54) is 35.3 Å². The molecule has 1 N–H and O–H groups in total. The van der Waals surface area contributed by atoms with Gasteiger partial charge in [0.15, 0.2) is 11.5 Å². The Morgan fingerprint density at radius 3 is 2.82 bits per heavy atom. The van der Waals surface area contributed by atoms with Crippen molar-refractivity contribution in [2.45, 2.75) is 31.8 Å². The number of fused-ring (bicyclic) bond motifs is 1. The second kappa shape index (κ2) is 7.02. The summed E-state index contributed by atoms with van der Waals surface area (Å²) in [7, 11) is 3.32. The molecule has 0 radical (unpaired) electrons. The topological polar surface area (TPSA) is 30.5 Å². The number of benzene rings is 1. The molecule has 3 nitrogen and oxygen atoms in total. The van der Waals surface area contributed by atoms with E-state index in [0.717, 1.165) is 22.5 Å². The Kier molecular flexibility index (Phi) is 5.06. The Morgan fingerprint density at radius 1 is 1.27 bits per heavy atom. The van der Waals surface area contributed by atoms with E-state index in [2.05, 4.69) is 32.7 Å². The van der Waals surface area contributed by atoms with Gasteiger partial charge in [-0.3, -0.25) is 0 Å². The van der Waals surface area contributed by atoms with Crippen molar-refractivity contribution < 1.29 is 9.47 Å². The summed E-state index contributed by atoms with van der Waals surface area (Å²) in [6.45, 7) is 0.806. The highest BCUT2D eigenvalue weighted by molar-refractivity contribution is 9.10. The molecule has 1 aliphatic carbocycles. The molecule has 1 unspecified atom stereocenters. The lowest BCUT2D eigenvalue weighted by Gasteiger charge is -2.24. The predicted octanol–water partition coefficient (Wildman–Crippen LogP) is 4.70. The van der Waals surface area contributed by atoms with Crippen LogP contribution in [0.3, 0.4) is 0 Å². The van der Waals surface area contributed by atoms with Gasteiger partial charge in [0.2, 0.25) is 0 Å². The number of halogens is 1. The molecule has 0 saturated heterocycles. The van der Waals surface area contributed by atoms with E-state index < -0.39 is 0 Å². The van der Waals surface area contributed by atoms with Gasteiger partial charge in [-0.25, -0.2) is 0 Å². The summed E-state index contributed by atoms with van der Waals surface area (Å²) in [5.41, 5.74) is 2.66. The molecule has 118 valence electrons. The minimum atomic E-state index is 0.454. The summed E-state index contributed by atoms with van der Waals surface area (Å²) >= 11 is 5.51.